The molecule has 0 spiro atoms. The first-order valence-electron chi connectivity index (χ1n) is 6.70. The SMILES string of the molecule is O=C(CN1CSCC1=O)N[C@@H]1CCSc2ccc(Cl)cc21. The van der Waals surface area contributed by atoms with Gasteiger partial charge in [-0.1, -0.05) is 11.6 Å². The molecule has 1 atom stereocenters. The number of hydrogen-bond donors (Lipinski definition) is 1. The van der Waals surface area contributed by atoms with Crippen molar-refractivity contribution in [2.75, 3.05) is 23.9 Å². The first-order chi connectivity index (χ1) is 10.1. The molecule has 0 saturated carbocycles. The van der Waals surface area contributed by atoms with Gasteiger partial charge in [-0.3, -0.25) is 9.59 Å². The number of nitrogens with zero attached hydrogens (tertiary/aromatic N) is 1. The van der Waals surface area contributed by atoms with Crippen LogP contribution in [0.15, 0.2) is 23.1 Å². The maximum absolute atomic E-state index is 12.2. The highest BCUT2D eigenvalue weighted by molar-refractivity contribution is 8.00. The third kappa shape index (κ3) is 3.49. The van der Waals surface area contributed by atoms with Gasteiger partial charge < -0.3 is 10.2 Å². The molecule has 0 radical (unpaired) electrons. The Balaban J connectivity index is 1.67. The fourth-order valence-corrected chi connectivity index (χ4v) is 4.66. The van der Waals surface area contributed by atoms with Gasteiger partial charge in [-0.05, 0) is 30.2 Å². The molecule has 4 nitrogen and oxygen atoms in total. The van der Waals surface area contributed by atoms with Crippen LogP contribution in [-0.2, 0) is 9.59 Å². The Morgan fingerprint density at radius 2 is 2.33 bits per heavy atom. The van der Waals surface area contributed by atoms with Crippen molar-refractivity contribution in [2.24, 2.45) is 0 Å². The number of amides is 2. The summed E-state index contributed by atoms with van der Waals surface area (Å²) in [6.45, 7) is 0.144. The van der Waals surface area contributed by atoms with Gasteiger partial charge in [-0.25, -0.2) is 0 Å². The normalized spacial score (nSPS) is 21.3. The van der Waals surface area contributed by atoms with Crippen LogP contribution >= 0.6 is 35.1 Å². The first-order valence-corrected chi connectivity index (χ1v) is 9.22. The quantitative estimate of drug-likeness (QED) is 0.917. The largest absolute Gasteiger partial charge is 0.348 e. The molecule has 2 heterocycles. The number of rotatable bonds is 3. The minimum absolute atomic E-state index is 0.0159. The lowest BCUT2D eigenvalue weighted by Crippen LogP contribution is -2.40. The Kier molecular flexibility index (Phi) is 4.66. The molecule has 0 bridgehead atoms. The molecule has 1 N–H and O–H groups in total. The first kappa shape index (κ1) is 15.1. The van der Waals surface area contributed by atoms with Gasteiger partial charge >= 0.3 is 0 Å². The van der Waals surface area contributed by atoms with E-state index in [0.29, 0.717) is 16.7 Å². The number of halogens is 1. The van der Waals surface area contributed by atoms with E-state index in [1.54, 1.807) is 28.4 Å². The Morgan fingerprint density at radius 1 is 1.48 bits per heavy atom. The minimum Gasteiger partial charge on any atom is -0.348 e. The van der Waals surface area contributed by atoms with Crippen LogP contribution in [0.4, 0.5) is 0 Å². The number of thioether (sulfide) groups is 2. The van der Waals surface area contributed by atoms with Gasteiger partial charge in [0.2, 0.25) is 11.8 Å². The van der Waals surface area contributed by atoms with E-state index >= 15 is 0 Å². The number of fused-ring (bicyclic) bond motifs is 1. The third-order valence-electron chi connectivity index (χ3n) is 3.51. The fourth-order valence-electron chi connectivity index (χ4n) is 2.47. The van der Waals surface area contributed by atoms with Crippen LogP contribution in [-0.4, -0.2) is 40.6 Å². The topological polar surface area (TPSA) is 49.4 Å². The predicted molar refractivity (Wildman–Crippen MR) is 86.7 cm³/mol. The smallest absolute Gasteiger partial charge is 0.240 e. The maximum atomic E-state index is 12.2. The molecule has 3 rings (SSSR count). The molecule has 7 heteroatoms. The molecule has 0 aromatic heterocycles. The lowest BCUT2D eigenvalue weighted by atomic mass is 10.0. The van der Waals surface area contributed by atoms with Crippen molar-refractivity contribution in [2.45, 2.75) is 17.4 Å². The Bertz CT molecular complexity index is 582. The molecule has 1 saturated heterocycles. The Hall–Kier alpha value is -0.850. The molecular formula is C14H15ClN2O2S2. The summed E-state index contributed by atoms with van der Waals surface area (Å²) in [6, 6.07) is 5.78. The van der Waals surface area contributed by atoms with Crippen LogP contribution in [0, 0.1) is 0 Å². The number of hydrogen-bond acceptors (Lipinski definition) is 4. The molecule has 2 aliphatic heterocycles. The predicted octanol–water partition coefficient (Wildman–Crippen LogP) is 2.53. The van der Waals surface area contributed by atoms with E-state index in [1.165, 1.54) is 4.90 Å². The molecule has 0 aliphatic carbocycles. The van der Waals surface area contributed by atoms with E-state index in [9.17, 15) is 9.59 Å². The van der Waals surface area contributed by atoms with Crippen molar-refractivity contribution in [1.82, 2.24) is 10.2 Å². The third-order valence-corrected chi connectivity index (χ3v) is 5.81. The van der Waals surface area contributed by atoms with Crippen LogP contribution in [0.2, 0.25) is 5.02 Å². The van der Waals surface area contributed by atoms with E-state index in [4.69, 9.17) is 11.6 Å². The van der Waals surface area contributed by atoms with Gasteiger partial charge in [0.15, 0.2) is 0 Å². The standard InChI is InChI=1S/C14H15ClN2O2S2/c15-9-1-2-12-10(5-9)11(3-4-21-12)16-13(18)6-17-8-20-7-14(17)19/h1-2,5,11H,3-4,6-8H2,(H,16,18)/t11-/m1/s1. The highest BCUT2D eigenvalue weighted by Crippen LogP contribution is 2.37. The fraction of sp³-hybridized carbons (Fsp3) is 0.429. The van der Waals surface area contributed by atoms with Crippen molar-refractivity contribution in [3.63, 3.8) is 0 Å². The molecule has 2 aliphatic rings. The van der Waals surface area contributed by atoms with E-state index < -0.39 is 0 Å². The molecule has 1 fully saturated rings. The highest BCUT2D eigenvalue weighted by Gasteiger charge is 2.26. The van der Waals surface area contributed by atoms with E-state index in [0.717, 1.165) is 17.7 Å². The molecule has 1 aromatic carbocycles. The van der Waals surface area contributed by atoms with Gasteiger partial charge in [0, 0.05) is 15.7 Å². The maximum Gasteiger partial charge on any atom is 0.240 e. The van der Waals surface area contributed by atoms with Crippen LogP contribution in [0.3, 0.4) is 0 Å². The Labute approximate surface area is 137 Å². The minimum atomic E-state index is -0.103. The molecule has 2 amide bonds. The van der Waals surface area contributed by atoms with Crippen molar-refractivity contribution in [3.05, 3.63) is 28.8 Å². The second-order valence-corrected chi connectivity index (χ2v) is 7.54. The van der Waals surface area contributed by atoms with Crippen LogP contribution < -0.4 is 5.32 Å². The number of carbonyl (C=O) groups excluding carboxylic acids is 2. The lowest BCUT2D eigenvalue weighted by Gasteiger charge is -2.27. The number of nitrogens with one attached hydrogen (secondary N) is 1. The Morgan fingerprint density at radius 3 is 3.10 bits per heavy atom. The van der Waals surface area contributed by atoms with Gasteiger partial charge in [-0.15, -0.1) is 23.5 Å². The summed E-state index contributed by atoms with van der Waals surface area (Å²) < 4.78 is 0. The van der Waals surface area contributed by atoms with Crippen molar-refractivity contribution in [1.29, 1.82) is 0 Å². The lowest BCUT2D eigenvalue weighted by molar-refractivity contribution is -0.132. The number of benzene rings is 1. The van der Waals surface area contributed by atoms with Crippen LogP contribution in [0.5, 0.6) is 0 Å². The monoisotopic (exact) mass is 342 g/mol. The van der Waals surface area contributed by atoms with Gasteiger partial charge in [0.1, 0.15) is 6.54 Å². The highest BCUT2D eigenvalue weighted by atomic mass is 35.5. The molecular weight excluding hydrogens is 328 g/mol. The van der Waals surface area contributed by atoms with Crippen LogP contribution in [0.1, 0.15) is 18.0 Å². The van der Waals surface area contributed by atoms with E-state index in [2.05, 4.69) is 5.32 Å². The summed E-state index contributed by atoms with van der Waals surface area (Å²) in [5.41, 5.74) is 1.08. The molecule has 0 unspecified atom stereocenters. The summed E-state index contributed by atoms with van der Waals surface area (Å²) in [5.74, 6) is 1.99. The zero-order valence-corrected chi connectivity index (χ0v) is 13.7. The second-order valence-electron chi connectivity index (χ2n) is 5.01. The van der Waals surface area contributed by atoms with E-state index in [-0.39, 0.29) is 24.4 Å². The average Bonchev–Trinajstić information content (AvgIpc) is 2.85. The zero-order chi connectivity index (χ0) is 14.8. The summed E-state index contributed by atoms with van der Waals surface area (Å²) in [4.78, 5) is 26.5. The summed E-state index contributed by atoms with van der Waals surface area (Å²) >= 11 is 9.39. The molecule has 1 aromatic rings. The van der Waals surface area contributed by atoms with Gasteiger partial charge in [0.05, 0.1) is 17.7 Å². The van der Waals surface area contributed by atoms with E-state index in [1.807, 2.05) is 18.2 Å². The number of carbonyl (C=O) groups is 2. The van der Waals surface area contributed by atoms with Crippen molar-refractivity contribution in [3.8, 4) is 0 Å². The second kappa shape index (κ2) is 6.50. The van der Waals surface area contributed by atoms with Crippen molar-refractivity contribution < 1.29 is 9.59 Å². The van der Waals surface area contributed by atoms with Crippen LogP contribution in [0.25, 0.3) is 0 Å². The molecule has 112 valence electrons. The van der Waals surface area contributed by atoms with Crippen molar-refractivity contribution >= 4 is 46.9 Å². The summed E-state index contributed by atoms with van der Waals surface area (Å²) in [6.07, 6.45) is 0.881. The van der Waals surface area contributed by atoms with Gasteiger partial charge in [0.25, 0.3) is 0 Å². The summed E-state index contributed by atoms with van der Waals surface area (Å²) in [7, 11) is 0. The van der Waals surface area contributed by atoms with Gasteiger partial charge in [-0.2, -0.15) is 0 Å². The molecule has 21 heavy (non-hydrogen) atoms. The summed E-state index contributed by atoms with van der Waals surface area (Å²) in [5, 5.41) is 3.72. The zero-order valence-electron chi connectivity index (χ0n) is 11.3. The average molecular weight is 343 g/mol.